The fourth-order valence-corrected chi connectivity index (χ4v) is 7.55. The maximum absolute atomic E-state index is 5.85. The van der Waals surface area contributed by atoms with Gasteiger partial charge in [0.25, 0.3) is 0 Å². The highest BCUT2D eigenvalue weighted by molar-refractivity contribution is 6.80. The van der Waals surface area contributed by atoms with Gasteiger partial charge >= 0.3 is 0 Å². The highest BCUT2D eigenvalue weighted by atomic mass is 28.3. The summed E-state index contributed by atoms with van der Waals surface area (Å²) < 4.78 is 0. The zero-order chi connectivity index (χ0) is 10.6. The van der Waals surface area contributed by atoms with Gasteiger partial charge in [-0.15, -0.1) is 0 Å². The van der Waals surface area contributed by atoms with Gasteiger partial charge in [-0.2, -0.15) is 0 Å². The van der Waals surface area contributed by atoms with Gasteiger partial charge in [-0.05, 0) is 13.3 Å². The molecule has 1 heterocycles. The Balaban J connectivity index is 2.55. The number of hydrogen-bond donors (Lipinski definition) is 2. The third kappa shape index (κ3) is 3.07. The van der Waals surface area contributed by atoms with Crippen LogP contribution in [0.2, 0.25) is 18.6 Å². The average molecular weight is 214 g/mol. The van der Waals surface area contributed by atoms with E-state index in [0.29, 0.717) is 0 Å². The summed E-state index contributed by atoms with van der Waals surface area (Å²) in [5, 5.41) is 3.58. The van der Waals surface area contributed by atoms with E-state index in [0.717, 1.165) is 5.67 Å². The second kappa shape index (κ2) is 5.28. The minimum atomic E-state index is -1.02. The lowest BCUT2D eigenvalue weighted by molar-refractivity contribution is 0.504. The zero-order valence-electron chi connectivity index (χ0n) is 9.97. The minimum absolute atomic E-state index is 0.159. The second-order valence-electron chi connectivity index (χ2n) is 5.13. The first-order valence-corrected chi connectivity index (χ1v) is 9.09. The molecular weight excluding hydrogens is 188 g/mol. The van der Waals surface area contributed by atoms with E-state index in [1.807, 2.05) is 0 Å². The smallest absolute Gasteiger partial charge is 0.0696 e. The van der Waals surface area contributed by atoms with E-state index in [9.17, 15) is 0 Å². The molecule has 1 aliphatic heterocycles. The summed E-state index contributed by atoms with van der Waals surface area (Å²) in [6, 6.07) is 3.01. The predicted octanol–water partition coefficient (Wildman–Crippen LogP) is 2.46. The van der Waals surface area contributed by atoms with Gasteiger partial charge in [0.1, 0.15) is 0 Å². The molecule has 1 fully saturated rings. The van der Waals surface area contributed by atoms with Crippen LogP contribution in [0.1, 0.15) is 39.5 Å². The molecule has 1 rings (SSSR count). The Bertz CT molecular complexity index is 165. The van der Waals surface area contributed by atoms with Crippen LogP contribution in [0.4, 0.5) is 0 Å². The monoisotopic (exact) mass is 214 g/mol. The summed E-state index contributed by atoms with van der Waals surface area (Å²) in [4.78, 5) is 0. The van der Waals surface area contributed by atoms with Crippen molar-refractivity contribution in [3.05, 3.63) is 0 Å². The molecule has 0 amide bonds. The molecule has 2 atom stereocenters. The highest BCUT2D eigenvalue weighted by Gasteiger charge is 2.36. The van der Waals surface area contributed by atoms with E-state index < -0.39 is 8.07 Å². The van der Waals surface area contributed by atoms with Gasteiger partial charge < -0.3 is 11.1 Å². The van der Waals surface area contributed by atoms with Crippen molar-refractivity contribution in [2.75, 3.05) is 0 Å². The lowest BCUT2D eigenvalue weighted by Gasteiger charge is -2.40. The van der Waals surface area contributed by atoms with Gasteiger partial charge in [0, 0.05) is 5.67 Å². The van der Waals surface area contributed by atoms with Gasteiger partial charge in [0.2, 0.25) is 0 Å². The van der Waals surface area contributed by atoms with Crippen LogP contribution >= 0.6 is 0 Å². The highest BCUT2D eigenvalue weighted by Crippen LogP contribution is 2.32. The Morgan fingerprint density at radius 3 is 2.29 bits per heavy atom. The van der Waals surface area contributed by atoms with E-state index in [1.54, 1.807) is 0 Å². The zero-order valence-corrected chi connectivity index (χ0v) is 11.0. The third-order valence-corrected chi connectivity index (χ3v) is 8.96. The van der Waals surface area contributed by atoms with Crippen LogP contribution in [0.25, 0.3) is 0 Å². The van der Waals surface area contributed by atoms with E-state index in [2.05, 4.69) is 25.7 Å². The molecule has 0 aromatic rings. The molecule has 3 heteroatoms. The molecule has 0 saturated carbocycles. The average Bonchev–Trinajstić information content (AvgIpc) is 2.15. The molecule has 84 valence electrons. The third-order valence-electron chi connectivity index (χ3n) is 3.71. The van der Waals surface area contributed by atoms with Crippen LogP contribution in [0.3, 0.4) is 0 Å². The Morgan fingerprint density at radius 1 is 1.29 bits per heavy atom. The molecule has 0 spiro atoms. The molecule has 14 heavy (non-hydrogen) atoms. The predicted molar refractivity (Wildman–Crippen MR) is 65.9 cm³/mol. The summed E-state index contributed by atoms with van der Waals surface area (Å²) >= 11 is 0. The first-order chi connectivity index (χ1) is 6.58. The Hall–Kier alpha value is 0.137. The van der Waals surface area contributed by atoms with Gasteiger partial charge in [0.15, 0.2) is 0 Å². The van der Waals surface area contributed by atoms with E-state index in [-0.39, 0.29) is 6.17 Å². The quantitative estimate of drug-likeness (QED) is 0.557. The number of rotatable bonds is 4. The molecular formula is C11H26N2Si. The van der Waals surface area contributed by atoms with Crippen molar-refractivity contribution in [2.24, 2.45) is 5.73 Å². The number of nitrogens with two attached hydrogens (primary N) is 1. The molecule has 2 unspecified atom stereocenters. The van der Waals surface area contributed by atoms with E-state index in [4.69, 9.17) is 5.73 Å². The molecule has 3 N–H and O–H groups in total. The maximum Gasteiger partial charge on any atom is 0.0696 e. The standard InChI is InChI=1S/C11H26N2Si/c1-4-11(13-10(2)12)14(3)8-6-5-7-9-14/h10-11,13H,4-9,12H2,1-3H3. The van der Waals surface area contributed by atoms with Crippen LogP contribution in [0.5, 0.6) is 0 Å². The van der Waals surface area contributed by atoms with Crippen molar-refractivity contribution in [1.29, 1.82) is 0 Å². The van der Waals surface area contributed by atoms with Crippen LogP contribution in [0.15, 0.2) is 0 Å². The van der Waals surface area contributed by atoms with Crippen molar-refractivity contribution in [3.63, 3.8) is 0 Å². The number of nitrogens with one attached hydrogen (secondary N) is 1. The van der Waals surface area contributed by atoms with Crippen molar-refractivity contribution >= 4 is 8.07 Å². The molecule has 1 aliphatic rings. The number of hydrogen-bond acceptors (Lipinski definition) is 2. The summed E-state index contributed by atoms with van der Waals surface area (Å²) in [6.07, 6.45) is 5.78. The van der Waals surface area contributed by atoms with Gasteiger partial charge in [-0.3, -0.25) is 0 Å². The van der Waals surface area contributed by atoms with E-state index >= 15 is 0 Å². The molecule has 1 saturated heterocycles. The second-order valence-corrected chi connectivity index (χ2v) is 10.1. The molecule has 0 radical (unpaired) electrons. The Labute approximate surface area is 89.7 Å². The van der Waals surface area contributed by atoms with Gasteiger partial charge in [-0.25, -0.2) is 0 Å². The SMILES string of the molecule is CCC(NC(C)N)[Si]1(C)CCCCC1. The molecule has 0 aromatic heterocycles. The molecule has 0 bridgehead atoms. The van der Waals surface area contributed by atoms with Crippen LogP contribution in [-0.4, -0.2) is 19.9 Å². The first kappa shape index (κ1) is 12.2. The Morgan fingerprint density at radius 2 is 1.86 bits per heavy atom. The fourth-order valence-electron chi connectivity index (χ4n) is 2.84. The normalized spacial score (nSPS) is 25.7. The topological polar surface area (TPSA) is 38.0 Å². The summed E-state index contributed by atoms with van der Waals surface area (Å²) in [6.45, 7) is 6.92. The van der Waals surface area contributed by atoms with Gasteiger partial charge in [0.05, 0.1) is 14.2 Å². The summed E-state index contributed by atoms with van der Waals surface area (Å²) in [5.41, 5.74) is 6.58. The van der Waals surface area contributed by atoms with Crippen molar-refractivity contribution in [1.82, 2.24) is 5.32 Å². The minimum Gasteiger partial charge on any atom is -0.316 e. The van der Waals surface area contributed by atoms with Crippen molar-refractivity contribution in [3.8, 4) is 0 Å². The fraction of sp³-hybridized carbons (Fsp3) is 1.00. The summed E-state index contributed by atoms with van der Waals surface area (Å²) in [7, 11) is -1.02. The Kier molecular flexibility index (Phi) is 4.61. The van der Waals surface area contributed by atoms with Crippen molar-refractivity contribution < 1.29 is 0 Å². The van der Waals surface area contributed by atoms with E-state index in [1.165, 1.54) is 37.8 Å². The molecule has 0 aliphatic carbocycles. The van der Waals surface area contributed by atoms with Gasteiger partial charge in [-0.1, -0.05) is 44.8 Å². The van der Waals surface area contributed by atoms with Crippen LogP contribution in [0, 0.1) is 0 Å². The molecule has 2 nitrogen and oxygen atoms in total. The lowest BCUT2D eigenvalue weighted by atomic mass is 10.3. The van der Waals surface area contributed by atoms with Crippen LogP contribution in [-0.2, 0) is 0 Å². The van der Waals surface area contributed by atoms with Crippen molar-refractivity contribution in [2.45, 2.75) is 70.0 Å². The lowest BCUT2D eigenvalue weighted by Crippen LogP contribution is -2.57. The molecule has 0 aromatic carbocycles. The largest absolute Gasteiger partial charge is 0.316 e. The maximum atomic E-state index is 5.85. The first-order valence-electron chi connectivity index (χ1n) is 6.10. The summed E-state index contributed by atoms with van der Waals surface area (Å²) in [5.74, 6) is 0. The van der Waals surface area contributed by atoms with Crippen LogP contribution < -0.4 is 11.1 Å².